The van der Waals surface area contributed by atoms with Crippen LogP contribution in [-0.2, 0) is 4.79 Å². The number of anilines is 1. The molecule has 16 heavy (non-hydrogen) atoms. The number of amides is 1. The van der Waals surface area contributed by atoms with Crippen LogP contribution in [0.3, 0.4) is 0 Å². The Bertz CT molecular complexity index is 382. The first-order chi connectivity index (χ1) is 7.50. The molecule has 0 spiro atoms. The van der Waals surface area contributed by atoms with Crippen molar-refractivity contribution in [2.45, 2.75) is 25.8 Å². The normalized spacial score (nSPS) is 12.2. The molecule has 88 valence electrons. The fourth-order valence-corrected chi connectivity index (χ4v) is 1.71. The van der Waals surface area contributed by atoms with Crippen LogP contribution < -0.4 is 11.1 Å². The number of nitrogens with two attached hydrogens (primary N) is 1. The van der Waals surface area contributed by atoms with Gasteiger partial charge in [0.2, 0.25) is 5.91 Å². The highest BCUT2D eigenvalue weighted by Gasteiger charge is 2.08. The SMILES string of the molecule is CC(N)CCC(=O)Nc1cccc(Cl)c1Br. The maximum Gasteiger partial charge on any atom is 0.224 e. The largest absolute Gasteiger partial charge is 0.328 e. The number of nitrogens with one attached hydrogen (secondary N) is 1. The van der Waals surface area contributed by atoms with Gasteiger partial charge in [-0.2, -0.15) is 0 Å². The van der Waals surface area contributed by atoms with Crippen LogP contribution in [0.5, 0.6) is 0 Å². The van der Waals surface area contributed by atoms with Gasteiger partial charge in [-0.05, 0) is 41.4 Å². The Morgan fingerprint density at radius 1 is 1.62 bits per heavy atom. The Balaban J connectivity index is 2.59. The predicted octanol–water partition coefficient (Wildman–Crippen LogP) is 3.17. The van der Waals surface area contributed by atoms with Crippen molar-refractivity contribution in [2.24, 2.45) is 5.73 Å². The molecule has 5 heteroatoms. The van der Waals surface area contributed by atoms with Gasteiger partial charge >= 0.3 is 0 Å². The summed E-state index contributed by atoms with van der Waals surface area (Å²) in [6.45, 7) is 1.88. The number of rotatable bonds is 4. The maximum absolute atomic E-state index is 11.5. The van der Waals surface area contributed by atoms with E-state index in [1.165, 1.54) is 0 Å². The van der Waals surface area contributed by atoms with Crippen molar-refractivity contribution >= 4 is 39.1 Å². The molecule has 1 unspecified atom stereocenters. The van der Waals surface area contributed by atoms with Gasteiger partial charge in [-0.1, -0.05) is 17.7 Å². The van der Waals surface area contributed by atoms with E-state index >= 15 is 0 Å². The summed E-state index contributed by atoms with van der Waals surface area (Å²) in [7, 11) is 0. The molecule has 0 aromatic heterocycles. The number of hydrogen-bond acceptors (Lipinski definition) is 2. The van der Waals surface area contributed by atoms with Crippen molar-refractivity contribution in [1.82, 2.24) is 0 Å². The van der Waals surface area contributed by atoms with E-state index in [4.69, 9.17) is 17.3 Å². The second-order valence-electron chi connectivity index (χ2n) is 3.67. The third kappa shape index (κ3) is 4.12. The lowest BCUT2D eigenvalue weighted by Crippen LogP contribution is -2.19. The fraction of sp³-hybridized carbons (Fsp3) is 0.364. The van der Waals surface area contributed by atoms with Crippen LogP contribution in [0.2, 0.25) is 5.02 Å². The zero-order valence-corrected chi connectivity index (χ0v) is 11.3. The van der Waals surface area contributed by atoms with E-state index in [9.17, 15) is 4.79 Å². The summed E-state index contributed by atoms with van der Waals surface area (Å²) in [5, 5.41) is 3.35. The Hall–Kier alpha value is -0.580. The average Bonchev–Trinajstić information content (AvgIpc) is 2.22. The summed E-state index contributed by atoms with van der Waals surface area (Å²) in [6, 6.07) is 5.37. The molecule has 0 heterocycles. The Kier molecular flexibility index (Phi) is 5.25. The molecule has 0 saturated carbocycles. The minimum Gasteiger partial charge on any atom is -0.328 e. The van der Waals surface area contributed by atoms with Crippen LogP contribution in [0.4, 0.5) is 5.69 Å². The molecule has 0 aliphatic carbocycles. The van der Waals surface area contributed by atoms with Crippen LogP contribution >= 0.6 is 27.5 Å². The van der Waals surface area contributed by atoms with E-state index in [0.717, 1.165) is 0 Å². The Morgan fingerprint density at radius 3 is 2.94 bits per heavy atom. The van der Waals surface area contributed by atoms with Crippen molar-refractivity contribution in [1.29, 1.82) is 0 Å². The van der Waals surface area contributed by atoms with Crippen molar-refractivity contribution in [3.05, 3.63) is 27.7 Å². The highest BCUT2D eigenvalue weighted by atomic mass is 79.9. The molecule has 1 atom stereocenters. The first kappa shape index (κ1) is 13.5. The van der Waals surface area contributed by atoms with Crippen LogP contribution in [-0.4, -0.2) is 11.9 Å². The second-order valence-corrected chi connectivity index (χ2v) is 4.87. The van der Waals surface area contributed by atoms with Gasteiger partial charge in [0.25, 0.3) is 0 Å². The Morgan fingerprint density at radius 2 is 2.31 bits per heavy atom. The second kappa shape index (κ2) is 6.23. The van der Waals surface area contributed by atoms with E-state index in [1.807, 2.05) is 6.92 Å². The molecule has 0 saturated heterocycles. The van der Waals surface area contributed by atoms with Crippen LogP contribution in [0, 0.1) is 0 Å². The first-order valence-corrected chi connectivity index (χ1v) is 6.17. The Labute approximate surface area is 108 Å². The molecular formula is C11H14BrClN2O. The molecule has 0 aliphatic heterocycles. The van der Waals surface area contributed by atoms with Crippen LogP contribution in [0.15, 0.2) is 22.7 Å². The summed E-state index contributed by atoms with van der Waals surface area (Å²) >= 11 is 9.22. The van der Waals surface area contributed by atoms with Crippen molar-refractivity contribution in [3.63, 3.8) is 0 Å². The summed E-state index contributed by atoms with van der Waals surface area (Å²) < 4.78 is 0.700. The van der Waals surface area contributed by atoms with Gasteiger partial charge in [0.1, 0.15) is 0 Å². The maximum atomic E-state index is 11.5. The number of carbonyl (C=O) groups is 1. The minimum atomic E-state index is -0.0553. The summed E-state index contributed by atoms with van der Waals surface area (Å²) in [5.41, 5.74) is 6.26. The van der Waals surface area contributed by atoms with Crippen molar-refractivity contribution in [3.8, 4) is 0 Å². The van der Waals surface area contributed by atoms with Gasteiger partial charge < -0.3 is 11.1 Å². The molecule has 1 aromatic carbocycles. The molecule has 3 nitrogen and oxygen atoms in total. The van der Waals surface area contributed by atoms with Crippen molar-refractivity contribution < 1.29 is 4.79 Å². The molecule has 1 rings (SSSR count). The molecular weight excluding hydrogens is 291 g/mol. The lowest BCUT2D eigenvalue weighted by atomic mass is 10.2. The lowest BCUT2D eigenvalue weighted by Gasteiger charge is -2.09. The predicted molar refractivity (Wildman–Crippen MR) is 70.7 cm³/mol. The quantitative estimate of drug-likeness (QED) is 0.897. The smallest absolute Gasteiger partial charge is 0.224 e. The zero-order valence-electron chi connectivity index (χ0n) is 8.97. The minimum absolute atomic E-state index is 0.0357. The molecule has 1 amide bonds. The van der Waals surface area contributed by atoms with Gasteiger partial charge in [0.05, 0.1) is 15.2 Å². The van der Waals surface area contributed by atoms with Gasteiger partial charge in [0, 0.05) is 12.5 Å². The fourth-order valence-electron chi connectivity index (χ4n) is 1.17. The van der Waals surface area contributed by atoms with E-state index in [2.05, 4.69) is 21.2 Å². The summed E-state index contributed by atoms with van der Waals surface area (Å²) in [4.78, 5) is 11.5. The highest BCUT2D eigenvalue weighted by molar-refractivity contribution is 9.10. The van der Waals surface area contributed by atoms with Crippen LogP contribution in [0.25, 0.3) is 0 Å². The summed E-state index contributed by atoms with van der Waals surface area (Å²) in [6.07, 6.45) is 1.08. The summed E-state index contributed by atoms with van der Waals surface area (Å²) in [5.74, 6) is -0.0553. The van der Waals surface area contributed by atoms with E-state index in [0.29, 0.717) is 28.0 Å². The van der Waals surface area contributed by atoms with Gasteiger partial charge in [-0.25, -0.2) is 0 Å². The topological polar surface area (TPSA) is 55.1 Å². The number of halogens is 2. The number of benzene rings is 1. The first-order valence-electron chi connectivity index (χ1n) is 5.00. The molecule has 1 aromatic rings. The highest BCUT2D eigenvalue weighted by Crippen LogP contribution is 2.30. The molecule has 0 fully saturated rings. The van der Waals surface area contributed by atoms with Crippen molar-refractivity contribution in [2.75, 3.05) is 5.32 Å². The molecule has 0 bridgehead atoms. The molecule has 0 aliphatic rings. The third-order valence-corrected chi connectivity index (χ3v) is 3.45. The van der Waals surface area contributed by atoms with Gasteiger partial charge in [-0.15, -0.1) is 0 Å². The van der Waals surface area contributed by atoms with E-state index in [1.54, 1.807) is 18.2 Å². The zero-order chi connectivity index (χ0) is 12.1. The van der Waals surface area contributed by atoms with Gasteiger partial charge in [0.15, 0.2) is 0 Å². The molecule has 3 N–H and O–H groups in total. The molecule has 0 radical (unpaired) electrons. The van der Waals surface area contributed by atoms with E-state index in [-0.39, 0.29) is 11.9 Å². The average molecular weight is 306 g/mol. The van der Waals surface area contributed by atoms with E-state index < -0.39 is 0 Å². The standard InChI is InChI=1S/C11H14BrClN2O/c1-7(14)5-6-10(16)15-9-4-2-3-8(13)11(9)12/h2-4,7H,5-6,14H2,1H3,(H,15,16). The third-order valence-electron chi connectivity index (χ3n) is 2.05. The number of hydrogen-bond donors (Lipinski definition) is 2. The number of carbonyl (C=O) groups excluding carboxylic acids is 1. The van der Waals surface area contributed by atoms with Gasteiger partial charge in [-0.3, -0.25) is 4.79 Å². The monoisotopic (exact) mass is 304 g/mol. The van der Waals surface area contributed by atoms with Crippen LogP contribution in [0.1, 0.15) is 19.8 Å². The lowest BCUT2D eigenvalue weighted by molar-refractivity contribution is -0.116.